The van der Waals surface area contributed by atoms with Crippen LogP contribution in [0.25, 0.3) is 0 Å². The molecule has 2 aliphatic carbocycles. The SMILES string of the molecule is O=C1CN(C(=O)C2CCCC2)CCN1CC1CCCC(C(F)(F)F)C1. The zero-order valence-electron chi connectivity index (χ0n) is 14.6. The molecule has 2 saturated carbocycles. The molecular weight excluding hydrogens is 333 g/mol. The van der Waals surface area contributed by atoms with E-state index in [1.54, 1.807) is 9.80 Å². The van der Waals surface area contributed by atoms with Crippen LogP contribution in [-0.2, 0) is 9.59 Å². The van der Waals surface area contributed by atoms with Crippen molar-refractivity contribution in [2.75, 3.05) is 26.2 Å². The average Bonchev–Trinajstić information content (AvgIpc) is 3.10. The van der Waals surface area contributed by atoms with Crippen molar-refractivity contribution in [1.82, 2.24) is 9.80 Å². The smallest absolute Gasteiger partial charge is 0.339 e. The molecule has 3 rings (SSSR count). The Balaban J connectivity index is 1.50. The van der Waals surface area contributed by atoms with Gasteiger partial charge in [0.25, 0.3) is 0 Å². The van der Waals surface area contributed by atoms with E-state index in [4.69, 9.17) is 0 Å². The Kier molecular flexibility index (Phi) is 5.58. The first kappa shape index (κ1) is 18.5. The molecule has 2 amide bonds. The van der Waals surface area contributed by atoms with Crippen LogP contribution in [0.4, 0.5) is 13.2 Å². The molecule has 25 heavy (non-hydrogen) atoms. The quantitative estimate of drug-likeness (QED) is 0.775. The Labute approximate surface area is 146 Å². The second-order valence-corrected chi connectivity index (χ2v) is 7.85. The first-order valence-electron chi connectivity index (χ1n) is 9.48. The predicted octanol–water partition coefficient (Wildman–Crippen LogP) is 3.22. The van der Waals surface area contributed by atoms with E-state index in [0.717, 1.165) is 32.1 Å². The zero-order chi connectivity index (χ0) is 18.0. The monoisotopic (exact) mass is 360 g/mol. The van der Waals surface area contributed by atoms with E-state index in [0.29, 0.717) is 26.1 Å². The lowest BCUT2D eigenvalue weighted by molar-refractivity contribution is -0.186. The highest BCUT2D eigenvalue weighted by Crippen LogP contribution is 2.40. The third-order valence-corrected chi connectivity index (χ3v) is 6.06. The molecular formula is C18H27F3N2O2. The van der Waals surface area contributed by atoms with Gasteiger partial charge in [0.2, 0.25) is 11.8 Å². The Morgan fingerprint density at radius 2 is 1.76 bits per heavy atom. The van der Waals surface area contributed by atoms with Gasteiger partial charge in [-0.1, -0.05) is 19.3 Å². The third-order valence-electron chi connectivity index (χ3n) is 6.06. The first-order chi connectivity index (χ1) is 11.8. The number of carbonyl (C=O) groups is 2. The minimum atomic E-state index is -4.13. The van der Waals surface area contributed by atoms with E-state index in [1.807, 2.05) is 0 Å². The van der Waals surface area contributed by atoms with Gasteiger partial charge in [-0.2, -0.15) is 13.2 Å². The average molecular weight is 360 g/mol. The van der Waals surface area contributed by atoms with Gasteiger partial charge >= 0.3 is 6.18 Å². The molecule has 2 unspecified atom stereocenters. The summed E-state index contributed by atoms with van der Waals surface area (Å²) in [6, 6.07) is 0. The summed E-state index contributed by atoms with van der Waals surface area (Å²) in [6.07, 6.45) is 1.50. The molecule has 7 heteroatoms. The van der Waals surface area contributed by atoms with E-state index < -0.39 is 12.1 Å². The number of nitrogens with zero attached hydrogens (tertiary/aromatic N) is 2. The summed E-state index contributed by atoms with van der Waals surface area (Å²) in [6.45, 7) is 1.45. The molecule has 0 radical (unpaired) electrons. The lowest BCUT2D eigenvalue weighted by Crippen LogP contribution is -2.54. The summed E-state index contributed by atoms with van der Waals surface area (Å²) in [5.41, 5.74) is 0. The zero-order valence-corrected chi connectivity index (χ0v) is 14.6. The number of carbonyl (C=O) groups excluding carboxylic acids is 2. The fraction of sp³-hybridized carbons (Fsp3) is 0.889. The number of rotatable bonds is 3. The van der Waals surface area contributed by atoms with Crippen LogP contribution in [0.3, 0.4) is 0 Å². The topological polar surface area (TPSA) is 40.6 Å². The van der Waals surface area contributed by atoms with Crippen molar-refractivity contribution in [1.29, 1.82) is 0 Å². The molecule has 0 bridgehead atoms. The van der Waals surface area contributed by atoms with E-state index in [2.05, 4.69) is 0 Å². The van der Waals surface area contributed by atoms with Gasteiger partial charge in [0.15, 0.2) is 0 Å². The fourth-order valence-corrected chi connectivity index (χ4v) is 4.59. The molecule has 1 saturated heterocycles. The largest absolute Gasteiger partial charge is 0.391 e. The maximum atomic E-state index is 12.9. The third kappa shape index (κ3) is 4.47. The van der Waals surface area contributed by atoms with Crippen LogP contribution in [0.2, 0.25) is 0 Å². The molecule has 2 atom stereocenters. The Morgan fingerprint density at radius 1 is 1.04 bits per heavy atom. The number of amides is 2. The number of halogens is 3. The minimum Gasteiger partial charge on any atom is -0.339 e. The summed E-state index contributed by atoms with van der Waals surface area (Å²) in [5, 5.41) is 0. The molecule has 0 aromatic rings. The van der Waals surface area contributed by atoms with Crippen molar-refractivity contribution >= 4 is 11.8 Å². The van der Waals surface area contributed by atoms with Crippen molar-refractivity contribution in [3.05, 3.63) is 0 Å². The summed E-state index contributed by atoms with van der Waals surface area (Å²) in [4.78, 5) is 28.1. The van der Waals surface area contributed by atoms with Gasteiger partial charge in [0.05, 0.1) is 12.5 Å². The lowest BCUT2D eigenvalue weighted by atomic mass is 9.80. The van der Waals surface area contributed by atoms with Crippen LogP contribution in [0, 0.1) is 17.8 Å². The van der Waals surface area contributed by atoms with Crippen LogP contribution in [0.15, 0.2) is 0 Å². The van der Waals surface area contributed by atoms with Crippen molar-refractivity contribution in [3.63, 3.8) is 0 Å². The fourth-order valence-electron chi connectivity index (χ4n) is 4.59. The van der Waals surface area contributed by atoms with E-state index in [9.17, 15) is 22.8 Å². The van der Waals surface area contributed by atoms with Crippen molar-refractivity contribution < 1.29 is 22.8 Å². The Morgan fingerprint density at radius 3 is 2.40 bits per heavy atom. The molecule has 3 aliphatic rings. The van der Waals surface area contributed by atoms with Gasteiger partial charge in [-0.3, -0.25) is 9.59 Å². The molecule has 0 N–H and O–H groups in total. The van der Waals surface area contributed by atoms with Gasteiger partial charge < -0.3 is 9.80 Å². The van der Waals surface area contributed by atoms with Crippen LogP contribution >= 0.6 is 0 Å². The molecule has 1 aliphatic heterocycles. The van der Waals surface area contributed by atoms with E-state index >= 15 is 0 Å². The highest BCUT2D eigenvalue weighted by atomic mass is 19.4. The molecule has 0 spiro atoms. The summed E-state index contributed by atoms with van der Waals surface area (Å²) in [5.74, 6) is -1.29. The van der Waals surface area contributed by atoms with E-state index in [1.165, 1.54) is 0 Å². The number of hydrogen-bond donors (Lipinski definition) is 0. The van der Waals surface area contributed by atoms with Crippen LogP contribution in [0.5, 0.6) is 0 Å². The maximum Gasteiger partial charge on any atom is 0.391 e. The van der Waals surface area contributed by atoms with Gasteiger partial charge in [-0.15, -0.1) is 0 Å². The number of piperazine rings is 1. The van der Waals surface area contributed by atoms with Crippen LogP contribution < -0.4 is 0 Å². The summed E-state index contributed by atoms with van der Waals surface area (Å²) < 4.78 is 38.8. The lowest BCUT2D eigenvalue weighted by Gasteiger charge is -2.39. The number of hydrogen-bond acceptors (Lipinski definition) is 2. The highest BCUT2D eigenvalue weighted by molar-refractivity contribution is 5.87. The second-order valence-electron chi connectivity index (χ2n) is 7.85. The molecule has 0 aromatic carbocycles. The number of alkyl halides is 3. The predicted molar refractivity (Wildman–Crippen MR) is 86.6 cm³/mol. The standard InChI is InChI=1S/C18H27F3N2O2/c19-18(20,21)15-7-3-4-13(10-15)11-22-8-9-23(12-16(22)24)17(25)14-5-1-2-6-14/h13-15H,1-12H2. The van der Waals surface area contributed by atoms with Gasteiger partial charge in [0, 0.05) is 25.6 Å². The van der Waals surface area contributed by atoms with Gasteiger partial charge in [-0.05, 0) is 38.0 Å². The van der Waals surface area contributed by atoms with Crippen molar-refractivity contribution in [3.8, 4) is 0 Å². The molecule has 0 aromatic heterocycles. The Hall–Kier alpha value is -1.27. The van der Waals surface area contributed by atoms with Gasteiger partial charge in [-0.25, -0.2) is 0 Å². The Bertz CT molecular complexity index is 503. The van der Waals surface area contributed by atoms with Crippen molar-refractivity contribution in [2.45, 2.75) is 57.5 Å². The summed E-state index contributed by atoms with van der Waals surface area (Å²) in [7, 11) is 0. The molecule has 3 fully saturated rings. The molecule has 1 heterocycles. The highest BCUT2D eigenvalue weighted by Gasteiger charge is 2.43. The summed E-state index contributed by atoms with van der Waals surface area (Å²) >= 11 is 0. The molecule has 4 nitrogen and oxygen atoms in total. The van der Waals surface area contributed by atoms with Crippen LogP contribution in [0.1, 0.15) is 51.4 Å². The molecule has 142 valence electrons. The van der Waals surface area contributed by atoms with Crippen molar-refractivity contribution in [2.24, 2.45) is 17.8 Å². The first-order valence-corrected chi connectivity index (χ1v) is 9.48. The van der Waals surface area contributed by atoms with Crippen LogP contribution in [-0.4, -0.2) is 54.0 Å². The maximum absolute atomic E-state index is 12.9. The second kappa shape index (κ2) is 7.54. The van der Waals surface area contributed by atoms with Gasteiger partial charge in [0.1, 0.15) is 0 Å². The minimum absolute atomic E-state index is 0.0604. The normalized spacial score (nSPS) is 29.3. The van der Waals surface area contributed by atoms with E-state index in [-0.39, 0.29) is 43.0 Å².